The van der Waals surface area contributed by atoms with Crippen molar-refractivity contribution < 1.29 is 39.1 Å². The van der Waals surface area contributed by atoms with Crippen molar-refractivity contribution >= 4 is 11.7 Å². The van der Waals surface area contributed by atoms with Gasteiger partial charge in [-0.3, -0.25) is 4.79 Å². The molecule has 0 bridgehead atoms. The van der Waals surface area contributed by atoms with Crippen LogP contribution in [0, 0.1) is 0 Å². The first-order chi connectivity index (χ1) is 3.13. The van der Waals surface area contributed by atoms with Gasteiger partial charge in [0.05, 0.1) is 5.91 Å². The van der Waals surface area contributed by atoms with E-state index in [0.29, 0.717) is 0 Å². The molecular weight excluding hydrogens is 117 g/mol. The minimum Gasteiger partial charge on any atom is -0.667 e. The summed E-state index contributed by atoms with van der Waals surface area (Å²) < 4.78 is 0. The number of rotatable bonds is 2. The predicted molar refractivity (Wildman–Crippen MR) is 24.6 cm³/mol. The maximum atomic E-state index is 9.91. The zero-order valence-corrected chi connectivity index (χ0v) is 7.02. The standard InChI is InChI=1S/C4H7NO2.Na/c1-3(6)2-4(5)7;/h2H2,1H3,(H2,5,7);/q;+1/p-1. The van der Waals surface area contributed by atoms with Gasteiger partial charge in [-0.25, -0.2) is 0 Å². The number of carbonyl (C=O) groups is 2. The molecule has 4 heteroatoms. The van der Waals surface area contributed by atoms with E-state index < -0.39 is 5.91 Å². The van der Waals surface area contributed by atoms with Gasteiger partial charge < -0.3 is 10.5 Å². The summed E-state index contributed by atoms with van der Waals surface area (Å²) in [6.45, 7) is 1.28. The molecule has 1 N–H and O–H groups in total. The Hall–Kier alpha value is 0.140. The van der Waals surface area contributed by atoms with Crippen LogP contribution in [0.3, 0.4) is 0 Å². The van der Waals surface area contributed by atoms with Gasteiger partial charge in [0.2, 0.25) is 0 Å². The second-order valence-corrected chi connectivity index (χ2v) is 1.30. The molecule has 0 aliphatic rings. The molecular formula is C4H6NNaO2. The van der Waals surface area contributed by atoms with Gasteiger partial charge in [-0.05, 0) is 6.92 Å². The van der Waals surface area contributed by atoms with Gasteiger partial charge in [0.15, 0.2) is 0 Å². The third-order valence-electron chi connectivity index (χ3n) is 0.410. The molecule has 0 saturated heterocycles. The van der Waals surface area contributed by atoms with Crippen molar-refractivity contribution in [2.45, 2.75) is 13.3 Å². The van der Waals surface area contributed by atoms with Crippen LogP contribution in [0.1, 0.15) is 13.3 Å². The average Bonchev–Trinajstić information content (AvgIpc) is 1.27. The summed E-state index contributed by atoms with van der Waals surface area (Å²) in [6, 6.07) is 0. The van der Waals surface area contributed by atoms with Gasteiger partial charge in [-0.15, -0.1) is 0 Å². The summed E-state index contributed by atoms with van der Waals surface area (Å²) in [5.74, 6) is -1.06. The molecule has 40 valence electrons. The van der Waals surface area contributed by atoms with Crippen LogP contribution in [0.15, 0.2) is 0 Å². The van der Waals surface area contributed by atoms with Crippen LogP contribution >= 0.6 is 0 Å². The Kier molecular flexibility index (Phi) is 7.26. The van der Waals surface area contributed by atoms with Gasteiger partial charge in [0.25, 0.3) is 0 Å². The fraction of sp³-hybridized carbons (Fsp3) is 0.500. The van der Waals surface area contributed by atoms with E-state index in [2.05, 4.69) is 0 Å². The first kappa shape index (κ1) is 11.0. The van der Waals surface area contributed by atoms with E-state index in [-0.39, 0.29) is 41.8 Å². The number of hydrogen-bond acceptors (Lipinski definition) is 2. The summed E-state index contributed by atoms with van der Waals surface area (Å²) in [5, 5.41) is 0. The Balaban J connectivity index is 0. The third kappa shape index (κ3) is 9.46. The first-order valence-corrected chi connectivity index (χ1v) is 1.87. The number of amides is 1. The van der Waals surface area contributed by atoms with Crippen LogP contribution in [-0.2, 0) is 9.59 Å². The zero-order valence-electron chi connectivity index (χ0n) is 5.02. The number of Topliss-reactive ketones (excluding diaryl/α,β-unsaturated/α-hetero) is 1. The van der Waals surface area contributed by atoms with Gasteiger partial charge in [0.1, 0.15) is 5.78 Å². The molecule has 0 saturated carbocycles. The van der Waals surface area contributed by atoms with Crippen LogP contribution in [0.4, 0.5) is 0 Å². The predicted octanol–water partition coefficient (Wildman–Crippen LogP) is -2.45. The van der Waals surface area contributed by atoms with Crippen molar-refractivity contribution in [1.29, 1.82) is 0 Å². The largest absolute Gasteiger partial charge is 1.00 e. The molecule has 0 aromatic carbocycles. The van der Waals surface area contributed by atoms with Gasteiger partial charge >= 0.3 is 29.6 Å². The number of nitrogens with one attached hydrogen (secondary N) is 1. The molecule has 0 rings (SSSR count). The third-order valence-corrected chi connectivity index (χ3v) is 0.410. The molecule has 8 heavy (non-hydrogen) atoms. The minimum absolute atomic E-state index is 0. The van der Waals surface area contributed by atoms with Crippen LogP contribution < -0.4 is 29.6 Å². The minimum atomic E-state index is -0.812. The molecule has 0 radical (unpaired) electrons. The summed E-state index contributed by atoms with van der Waals surface area (Å²) in [7, 11) is 0. The Bertz CT molecular complexity index is 90.2. The second-order valence-electron chi connectivity index (χ2n) is 1.30. The van der Waals surface area contributed by atoms with Crippen molar-refractivity contribution in [3.05, 3.63) is 5.73 Å². The van der Waals surface area contributed by atoms with E-state index in [9.17, 15) is 9.59 Å². The van der Waals surface area contributed by atoms with Crippen molar-refractivity contribution in [3.8, 4) is 0 Å². The second kappa shape index (κ2) is 5.28. The SMILES string of the molecule is CC(=O)CC([NH-])=O.[Na+]. The van der Waals surface area contributed by atoms with E-state index >= 15 is 0 Å². The van der Waals surface area contributed by atoms with E-state index in [0.717, 1.165) is 0 Å². The van der Waals surface area contributed by atoms with E-state index in [1.54, 1.807) is 0 Å². The van der Waals surface area contributed by atoms with E-state index in [1.807, 2.05) is 0 Å². The van der Waals surface area contributed by atoms with E-state index in [1.165, 1.54) is 6.92 Å². The summed E-state index contributed by atoms with van der Waals surface area (Å²) in [5.41, 5.74) is 6.25. The van der Waals surface area contributed by atoms with Crippen LogP contribution in [0.5, 0.6) is 0 Å². The van der Waals surface area contributed by atoms with Crippen molar-refractivity contribution in [2.75, 3.05) is 0 Å². The fourth-order valence-electron chi connectivity index (χ4n) is 0.226. The van der Waals surface area contributed by atoms with Crippen LogP contribution in [0.2, 0.25) is 0 Å². The van der Waals surface area contributed by atoms with Gasteiger partial charge in [-0.2, -0.15) is 0 Å². The summed E-state index contributed by atoms with van der Waals surface area (Å²) in [6.07, 6.45) is -0.250. The Morgan fingerprint density at radius 2 is 1.88 bits per heavy atom. The Morgan fingerprint density at radius 1 is 1.50 bits per heavy atom. The molecule has 0 atom stereocenters. The van der Waals surface area contributed by atoms with Crippen LogP contribution in [0.25, 0.3) is 5.73 Å². The number of carbonyl (C=O) groups excluding carboxylic acids is 2. The Morgan fingerprint density at radius 3 is 1.88 bits per heavy atom. The van der Waals surface area contributed by atoms with Gasteiger partial charge in [-0.1, -0.05) is 0 Å². The Labute approximate surface area is 69.9 Å². The molecule has 0 spiro atoms. The molecule has 0 heterocycles. The average molecular weight is 123 g/mol. The number of ketones is 1. The maximum absolute atomic E-state index is 9.91. The topological polar surface area (TPSA) is 57.9 Å². The quantitative estimate of drug-likeness (QED) is 0.302. The maximum Gasteiger partial charge on any atom is 1.00 e. The van der Waals surface area contributed by atoms with Gasteiger partial charge in [0, 0.05) is 6.42 Å². The molecule has 0 aromatic rings. The van der Waals surface area contributed by atoms with Crippen molar-refractivity contribution in [1.82, 2.24) is 0 Å². The van der Waals surface area contributed by atoms with Crippen molar-refractivity contribution in [2.24, 2.45) is 0 Å². The van der Waals surface area contributed by atoms with Crippen molar-refractivity contribution in [3.63, 3.8) is 0 Å². The fourth-order valence-corrected chi connectivity index (χ4v) is 0.226. The molecule has 0 aliphatic carbocycles. The molecule has 0 aliphatic heterocycles. The van der Waals surface area contributed by atoms with E-state index in [4.69, 9.17) is 5.73 Å². The molecule has 0 aromatic heterocycles. The molecule has 0 unspecified atom stereocenters. The normalized spacial score (nSPS) is 7.12. The molecule has 3 nitrogen and oxygen atoms in total. The monoisotopic (exact) mass is 123 g/mol. The summed E-state index contributed by atoms with van der Waals surface area (Å²) >= 11 is 0. The molecule has 1 amide bonds. The summed E-state index contributed by atoms with van der Waals surface area (Å²) in [4.78, 5) is 19.6. The molecule has 0 fully saturated rings. The smallest absolute Gasteiger partial charge is 0.667 e. The van der Waals surface area contributed by atoms with Crippen LogP contribution in [-0.4, -0.2) is 11.7 Å². The first-order valence-electron chi connectivity index (χ1n) is 1.87. The zero-order chi connectivity index (χ0) is 5.86. The number of hydrogen-bond donors (Lipinski definition) is 0.